The van der Waals surface area contributed by atoms with Gasteiger partial charge in [-0.15, -0.1) is 0 Å². The van der Waals surface area contributed by atoms with Crippen molar-refractivity contribution in [2.75, 3.05) is 11.5 Å². The summed E-state index contributed by atoms with van der Waals surface area (Å²) in [4.78, 5) is 0. The standard InChI is InChI=1S/C6H5BrClIN2/c7-4-5(9)2(8)1-3(10)6(4)11/h1H,10-11H2. The van der Waals surface area contributed by atoms with E-state index >= 15 is 0 Å². The van der Waals surface area contributed by atoms with Crippen molar-refractivity contribution in [2.45, 2.75) is 0 Å². The van der Waals surface area contributed by atoms with Crippen LogP contribution in [0.25, 0.3) is 0 Å². The molecule has 0 saturated heterocycles. The highest BCUT2D eigenvalue weighted by atomic mass is 127. The van der Waals surface area contributed by atoms with Crippen LogP contribution in [-0.4, -0.2) is 0 Å². The number of halogens is 3. The molecule has 0 saturated carbocycles. The van der Waals surface area contributed by atoms with Gasteiger partial charge in [-0.05, 0) is 44.6 Å². The molecule has 5 heteroatoms. The third-order valence-electron chi connectivity index (χ3n) is 1.23. The van der Waals surface area contributed by atoms with Crippen LogP contribution in [0.2, 0.25) is 5.02 Å². The lowest BCUT2D eigenvalue weighted by Gasteiger charge is -2.06. The van der Waals surface area contributed by atoms with Crippen molar-refractivity contribution in [3.8, 4) is 0 Å². The summed E-state index contributed by atoms with van der Waals surface area (Å²) in [6, 6.07) is 1.64. The van der Waals surface area contributed by atoms with Gasteiger partial charge in [0.05, 0.1) is 20.9 Å². The van der Waals surface area contributed by atoms with E-state index in [0.29, 0.717) is 16.4 Å². The van der Waals surface area contributed by atoms with Crippen molar-refractivity contribution in [1.82, 2.24) is 0 Å². The molecular weight excluding hydrogens is 342 g/mol. The summed E-state index contributed by atoms with van der Waals surface area (Å²) in [6.07, 6.45) is 0. The van der Waals surface area contributed by atoms with E-state index in [2.05, 4.69) is 38.5 Å². The number of benzene rings is 1. The lowest BCUT2D eigenvalue weighted by molar-refractivity contribution is 1.57. The largest absolute Gasteiger partial charge is 0.397 e. The fourth-order valence-electron chi connectivity index (χ4n) is 0.627. The Labute approximate surface area is 91.5 Å². The lowest BCUT2D eigenvalue weighted by atomic mass is 10.3. The van der Waals surface area contributed by atoms with E-state index in [1.807, 2.05) is 0 Å². The Morgan fingerprint density at radius 3 is 2.55 bits per heavy atom. The molecule has 0 bridgehead atoms. The van der Waals surface area contributed by atoms with Crippen LogP contribution < -0.4 is 11.5 Å². The molecule has 1 aromatic carbocycles. The highest BCUT2D eigenvalue weighted by molar-refractivity contribution is 14.1. The summed E-state index contributed by atoms with van der Waals surface area (Å²) in [6.45, 7) is 0. The van der Waals surface area contributed by atoms with Crippen LogP contribution >= 0.6 is 50.1 Å². The molecule has 0 aliphatic rings. The van der Waals surface area contributed by atoms with Crippen molar-refractivity contribution in [2.24, 2.45) is 0 Å². The summed E-state index contributed by atoms with van der Waals surface area (Å²) < 4.78 is 1.65. The topological polar surface area (TPSA) is 52.0 Å². The molecule has 0 heterocycles. The third kappa shape index (κ3) is 1.73. The number of nitrogens with two attached hydrogens (primary N) is 2. The van der Waals surface area contributed by atoms with Crippen molar-refractivity contribution in [3.05, 3.63) is 19.1 Å². The van der Waals surface area contributed by atoms with E-state index in [1.54, 1.807) is 6.07 Å². The molecule has 0 atom stereocenters. The summed E-state index contributed by atoms with van der Waals surface area (Å²) in [5.41, 5.74) is 12.2. The second kappa shape index (κ2) is 3.37. The monoisotopic (exact) mass is 346 g/mol. The SMILES string of the molecule is Nc1cc(Cl)c(I)c(Br)c1N. The fourth-order valence-corrected chi connectivity index (χ4v) is 1.84. The molecule has 0 aromatic heterocycles. The van der Waals surface area contributed by atoms with Gasteiger partial charge in [0.15, 0.2) is 0 Å². The van der Waals surface area contributed by atoms with Gasteiger partial charge in [0.1, 0.15) is 0 Å². The molecule has 4 N–H and O–H groups in total. The van der Waals surface area contributed by atoms with Gasteiger partial charge in [-0.3, -0.25) is 0 Å². The maximum absolute atomic E-state index is 5.82. The molecule has 11 heavy (non-hydrogen) atoms. The van der Waals surface area contributed by atoms with Gasteiger partial charge >= 0.3 is 0 Å². The maximum Gasteiger partial charge on any atom is 0.0704 e. The average Bonchev–Trinajstić information content (AvgIpc) is 1.97. The minimum Gasteiger partial charge on any atom is -0.397 e. The Morgan fingerprint density at radius 2 is 2.00 bits per heavy atom. The Morgan fingerprint density at radius 1 is 1.45 bits per heavy atom. The predicted molar refractivity (Wildman–Crippen MR) is 60.7 cm³/mol. The molecule has 0 spiro atoms. The maximum atomic E-state index is 5.82. The van der Waals surface area contributed by atoms with Crippen LogP contribution in [0.5, 0.6) is 0 Å². The minimum atomic E-state index is 0.502. The Bertz CT molecular complexity index is 277. The zero-order chi connectivity index (χ0) is 8.59. The van der Waals surface area contributed by atoms with Crippen molar-refractivity contribution in [1.29, 1.82) is 0 Å². The van der Waals surface area contributed by atoms with Gasteiger partial charge in [-0.2, -0.15) is 0 Å². The number of nitrogen functional groups attached to an aromatic ring is 2. The molecule has 1 rings (SSSR count). The normalized spacial score (nSPS) is 10.1. The number of hydrogen-bond acceptors (Lipinski definition) is 2. The van der Waals surface area contributed by atoms with Gasteiger partial charge in [-0.25, -0.2) is 0 Å². The minimum absolute atomic E-state index is 0.502. The Balaban J connectivity index is 3.46. The Kier molecular flexibility index (Phi) is 2.88. The fraction of sp³-hybridized carbons (Fsp3) is 0. The predicted octanol–water partition coefficient (Wildman–Crippen LogP) is 2.87. The average molecular weight is 347 g/mol. The van der Waals surface area contributed by atoms with E-state index in [4.69, 9.17) is 23.1 Å². The van der Waals surface area contributed by atoms with Gasteiger partial charge < -0.3 is 11.5 Å². The zero-order valence-electron chi connectivity index (χ0n) is 5.37. The first-order valence-electron chi connectivity index (χ1n) is 2.72. The summed E-state index contributed by atoms with van der Waals surface area (Å²) in [5.74, 6) is 0. The summed E-state index contributed by atoms with van der Waals surface area (Å²) in [7, 11) is 0. The molecule has 0 unspecified atom stereocenters. The first-order chi connectivity index (χ1) is 5.04. The number of rotatable bonds is 0. The van der Waals surface area contributed by atoms with Gasteiger partial charge in [0.2, 0.25) is 0 Å². The van der Waals surface area contributed by atoms with Crippen LogP contribution in [0.3, 0.4) is 0 Å². The van der Waals surface area contributed by atoms with E-state index in [1.165, 1.54) is 0 Å². The van der Waals surface area contributed by atoms with Crippen LogP contribution in [0, 0.1) is 3.57 Å². The first-order valence-corrected chi connectivity index (χ1v) is 4.97. The highest BCUT2D eigenvalue weighted by Crippen LogP contribution is 2.35. The van der Waals surface area contributed by atoms with Gasteiger partial charge in [0, 0.05) is 3.57 Å². The van der Waals surface area contributed by atoms with E-state index < -0.39 is 0 Å². The quantitative estimate of drug-likeness (QED) is 0.431. The highest BCUT2D eigenvalue weighted by Gasteiger charge is 2.08. The second-order valence-corrected chi connectivity index (χ2v) is 4.27. The molecular formula is C6H5BrClIN2. The van der Waals surface area contributed by atoms with E-state index in [0.717, 1.165) is 8.04 Å². The van der Waals surface area contributed by atoms with Gasteiger partial charge in [0.25, 0.3) is 0 Å². The van der Waals surface area contributed by atoms with Crippen molar-refractivity contribution < 1.29 is 0 Å². The van der Waals surface area contributed by atoms with Crippen LogP contribution in [0.15, 0.2) is 10.5 Å². The molecule has 0 fully saturated rings. The third-order valence-corrected chi connectivity index (χ3v) is 4.53. The van der Waals surface area contributed by atoms with Crippen LogP contribution in [0.4, 0.5) is 11.4 Å². The van der Waals surface area contributed by atoms with Gasteiger partial charge in [-0.1, -0.05) is 11.6 Å². The molecule has 0 aliphatic heterocycles. The van der Waals surface area contributed by atoms with Crippen molar-refractivity contribution in [3.63, 3.8) is 0 Å². The van der Waals surface area contributed by atoms with E-state index in [-0.39, 0.29) is 0 Å². The molecule has 1 aromatic rings. The molecule has 2 nitrogen and oxygen atoms in total. The first kappa shape index (κ1) is 9.41. The van der Waals surface area contributed by atoms with Crippen LogP contribution in [0.1, 0.15) is 0 Å². The van der Waals surface area contributed by atoms with Crippen molar-refractivity contribution >= 4 is 61.5 Å². The summed E-state index contributed by atoms with van der Waals surface area (Å²) in [5, 5.41) is 0.615. The number of hydrogen-bond donors (Lipinski definition) is 2. The smallest absolute Gasteiger partial charge is 0.0704 e. The second-order valence-electron chi connectivity index (χ2n) is 1.99. The lowest BCUT2D eigenvalue weighted by Crippen LogP contribution is -1.97. The number of anilines is 2. The van der Waals surface area contributed by atoms with Crippen LogP contribution in [-0.2, 0) is 0 Å². The Hall–Kier alpha value is 0.320. The summed E-state index contributed by atoms with van der Waals surface area (Å²) >= 11 is 11.2. The van der Waals surface area contributed by atoms with E-state index in [9.17, 15) is 0 Å². The molecule has 0 radical (unpaired) electrons. The zero-order valence-corrected chi connectivity index (χ0v) is 9.87. The molecule has 0 aliphatic carbocycles. The molecule has 60 valence electrons. The molecule has 0 amide bonds.